The van der Waals surface area contributed by atoms with Crippen LogP contribution in [-0.4, -0.2) is 65.7 Å². The molecule has 3 unspecified atom stereocenters. The van der Waals surface area contributed by atoms with E-state index in [4.69, 9.17) is 18.5 Å². The Balaban J connectivity index is 3.72. The van der Waals surface area contributed by atoms with Crippen LogP contribution in [-0.2, 0) is 32.7 Å². The SMILES string of the molecule is CCCCCCC/C=C\C/C=C\CCCCCCCCCCCCCC(=O)OC(CO)COP(=O)(O)OCC(CO)OC(=O)CCC. The van der Waals surface area contributed by atoms with Gasteiger partial charge in [-0.1, -0.05) is 122 Å². The third-order valence-electron chi connectivity index (χ3n) is 7.64. The molecule has 0 aromatic rings. The van der Waals surface area contributed by atoms with E-state index in [1.807, 2.05) is 0 Å². The Kier molecular flexibility index (Phi) is 31.9. The van der Waals surface area contributed by atoms with Gasteiger partial charge in [0, 0.05) is 12.8 Å². The smallest absolute Gasteiger partial charge is 0.457 e. The molecule has 0 aliphatic rings. The van der Waals surface area contributed by atoms with Crippen molar-refractivity contribution in [2.75, 3.05) is 26.4 Å². The number of hydrogen-bond donors (Lipinski definition) is 3. The summed E-state index contributed by atoms with van der Waals surface area (Å²) in [5.74, 6) is -1.07. The Morgan fingerprint density at radius 3 is 1.40 bits per heavy atom. The second kappa shape index (κ2) is 33.0. The summed E-state index contributed by atoms with van der Waals surface area (Å²) >= 11 is 0. The number of allylic oxidation sites excluding steroid dienone is 4. The number of aliphatic hydroxyl groups excluding tert-OH is 2. The highest BCUT2D eigenvalue weighted by Gasteiger charge is 2.27. The number of carbonyl (C=O) groups excluding carboxylic acids is 2. The lowest BCUT2D eigenvalue weighted by molar-refractivity contribution is -0.153. The van der Waals surface area contributed by atoms with Crippen molar-refractivity contribution in [3.8, 4) is 0 Å². The van der Waals surface area contributed by atoms with Crippen LogP contribution in [0.2, 0.25) is 0 Å². The molecule has 11 heteroatoms. The third-order valence-corrected chi connectivity index (χ3v) is 8.59. The number of aliphatic hydroxyl groups is 2. The fourth-order valence-electron chi connectivity index (χ4n) is 4.83. The number of phosphoric acid groups is 1. The number of unbranched alkanes of at least 4 members (excludes halogenated alkanes) is 16. The molecule has 0 bridgehead atoms. The van der Waals surface area contributed by atoms with E-state index >= 15 is 0 Å². The summed E-state index contributed by atoms with van der Waals surface area (Å²) in [6.07, 6.45) is 30.7. The van der Waals surface area contributed by atoms with E-state index in [1.54, 1.807) is 6.92 Å². The van der Waals surface area contributed by atoms with Gasteiger partial charge in [-0.05, 0) is 44.9 Å². The lowest BCUT2D eigenvalue weighted by atomic mass is 10.0. The highest BCUT2D eigenvalue weighted by molar-refractivity contribution is 7.47. The van der Waals surface area contributed by atoms with Crippen molar-refractivity contribution in [2.24, 2.45) is 0 Å². The van der Waals surface area contributed by atoms with Gasteiger partial charge in [-0.25, -0.2) is 4.57 Å². The van der Waals surface area contributed by atoms with Crippen LogP contribution < -0.4 is 0 Å². The molecule has 0 spiro atoms. The monoisotopic (exact) mass is 690 g/mol. The molecule has 47 heavy (non-hydrogen) atoms. The Morgan fingerprint density at radius 1 is 0.574 bits per heavy atom. The van der Waals surface area contributed by atoms with Gasteiger partial charge in [0.05, 0.1) is 26.4 Å². The van der Waals surface area contributed by atoms with E-state index in [9.17, 15) is 29.3 Å². The van der Waals surface area contributed by atoms with Crippen LogP contribution in [0.1, 0.15) is 155 Å². The summed E-state index contributed by atoms with van der Waals surface area (Å²) in [5.41, 5.74) is 0. The second-order valence-electron chi connectivity index (χ2n) is 12.2. The summed E-state index contributed by atoms with van der Waals surface area (Å²) in [4.78, 5) is 33.5. The molecular weight excluding hydrogens is 623 g/mol. The van der Waals surface area contributed by atoms with Crippen molar-refractivity contribution in [3.05, 3.63) is 24.3 Å². The fourth-order valence-corrected chi connectivity index (χ4v) is 5.61. The van der Waals surface area contributed by atoms with Crippen molar-refractivity contribution in [1.82, 2.24) is 0 Å². The van der Waals surface area contributed by atoms with Gasteiger partial charge in [-0.2, -0.15) is 0 Å². The molecule has 0 aromatic heterocycles. The molecule has 276 valence electrons. The van der Waals surface area contributed by atoms with Crippen molar-refractivity contribution in [1.29, 1.82) is 0 Å². The quantitative estimate of drug-likeness (QED) is 0.0259. The second-order valence-corrected chi connectivity index (χ2v) is 13.7. The zero-order chi connectivity index (χ0) is 34.9. The maximum absolute atomic E-state index is 12.1. The molecule has 0 fully saturated rings. The average molecular weight is 691 g/mol. The number of ether oxygens (including phenoxy) is 2. The van der Waals surface area contributed by atoms with Gasteiger partial charge >= 0.3 is 19.8 Å². The van der Waals surface area contributed by atoms with Crippen LogP contribution in [0.15, 0.2) is 24.3 Å². The number of esters is 2. The van der Waals surface area contributed by atoms with E-state index in [1.165, 1.54) is 89.9 Å². The first kappa shape index (κ1) is 45.5. The molecule has 3 N–H and O–H groups in total. The maximum Gasteiger partial charge on any atom is 0.472 e. The van der Waals surface area contributed by atoms with Gasteiger partial charge < -0.3 is 24.6 Å². The van der Waals surface area contributed by atoms with Crippen LogP contribution >= 0.6 is 7.82 Å². The molecule has 0 aliphatic carbocycles. The molecule has 0 amide bonds. The highest BCUT2D eigenvalue weighted by Crippen LogP contribution is 2.43. The van der Waals surface area contributed by atoms with Crippen molar-refractivity contribution < 1.29 is 47.8 Å². The first-order chi connectivity index (χ1) is 22.8. The van der Waals surface area contributed by atoms with E-state index in [-0.39, 0.29) is 12.8 Å². The summed E-state index contributed by atoms with van der Waals surface area (Å²) < 4.78 is 31.8. The Morgan fingerprint density at radius 2 is 0.979 bits per heavy atom. The van der Waals surface area contributed by atoms with Crippen molar-refractivity contribution in [2.45, 2.75) is 167 Å². The fraction of sp³-hybridized carbons (Fsp3) is 0.833. The Labute approximate surface area is 285 Å². The summed E-state index contributed by atoms with van der Waals surface area (Å²) in [7, 11) is -4.60. The molecule has 0 heterocycles. The summed E-state index contributed by atoms with van der Waals surface area (Å²) in [5, 5.41) is 18.7. The van der Waals surface area contributed by atoms with E-state index in [2.05, 4.69) is 31.2 Å². The molecule has 0 saturated heterocycles. The van der Waals surface area contributed by atoms with E-state index in [0.717, 1.165) is 25.7 Å². The molecule has 10 nitrogen and oxygen atoms in total. The topological polar surface area (TPSA) is 149 Å². The van der Waals surface area contributed by atoms with Crippen molar-refractivity contribution in [3.63, 3.8) is 0 Å². The van der Waals surface area contributed by atoms with E-state index < -0.39 is 58.4 Å². The number of phosphoric ester groups is 1. The molecular formula is C36H67O10P. The van der Waals surface area contributed by atoms with Gasteiger partial charge in [-0.3, -0.25) is 18.6 Å². The molecule has 0 rings (SSSR count). The standard InChI is InChI=1S/C36H67O10P/c1-3-5-6-7-8-9-10-11-12-13-14-15-16-17-18-19-20-21-22-23-24-25-26-28-36(40)46-34(30-38)32-44-47(41,42)43-31-33(29-37)45-35(39)27-4-2/h10-11,13-14,33-34,37-38H,3-9,12,15-32H2,1-2H3,(H,41,42)/b11-10-,14-13-. The Hall–Kier alpha value is -1.55. The largest absolute Gasteiger partial charge is 0.472 e. The molecule has 0 aliphatic heterocycles. The normalized spacial score (nSPS) is 14.4. The minimum atomic E-state index is -4.60. The predicted molar refractivity (Wildman–Crippen MR) is 187 cm³/mol. The van der Waals surface area contributed by atoms with Crippen LogP contribution in [0, 0.1) is 0 Å². The number of hydrogen-bond acceptors (Lipinski definition) is 9. The highest BCUT2D eigenvalue weighted by atomic mass is 31.2. The van der Waals surface area contributed by atoms with Crippen LogP contribution in [0.25, 0.3) is 0 Å². The van der Waals surface area contributed by atoms with Gasteiger partial charge in [0.1, 0.15) is 12.2 Å². The minimum absolute atomic E-state index is 0.143. The Bertz CT molecular complexity index is 848. The van der Waals surface area contributed by atoms with Crippen LogP contribution in [0.5, 0.6) is 0 Å². The first-order valence-electron chi connectivity index (χ1n) is 18.3. The molecule has 0 aromatic carbocycles. The maximum atomic E-state index is 12.1. The van der Waals surface area contributed by atoms with Crippen molar-refractivity contribution >= 4 is 19.8 Å². The minimum Gasteiger partial charge on any atom is -0.457 e. The predicted octanol–water partition coefficient (Wildman–Crippen LogP) is 8.66. The molecule has 3 atom stereocenters. The zero-order valence-electron chi connectivity index (χ0n) is 29.5. The average Bonchev–Trinajstić information content (AvgIpc) is 3.05. The zero-order valence-corrected chi connectivity index (χ0v) is 30.4. The molecule has 0 radical (unpaired) electrons. The lowest BCUT2D eigenvalue weighted by Gasteiger charge is -2.20. The summed E-state index contributed by atoms with van der Waals surface area (Å²) in [6, 6.07) is 0. The van der Waals surface area contributed by atoms with Crippen LogP contribution in [0.3, 0.4) is 0 Å². The van der Waals surface area contributed by atoms with E-state index in [0.29, 0.717) is 12.8 Å². The summed E-state index contributed by atoms with van der Waals surface area (Å²) in [6.45, 7) is 1.75. The van der Waals surface area contributed by atoms with Gasteiger partial charge in [0.15, 0.2) is 0 Å². The van der Waals surface area contributed by atoms with Gasteiger partial charge in [-0.15, -0.1) is 0 Å². The van der Waals surface area contributed by atoms with Crippen LogP contribution in [0.4, 0.5) is 0 Å². The molecule has 0 saturated carbocycles. The lowest BCUT2D eigenvalue weighted by Crippen LogP contribution is -2.28. The third kappa shape index (κ3) is 31.5. The number of carbonyl (C=O) groups is 2. The van der Waals surface area contributed by atoms with Gasteiger partial charge in [0.2, 0.25) is 0 Å². The number of rotatable bonds is 34. The van der Waals surface area contributed by atoms with Gasteiger partial charge in [0.25, 0.3) is 0 Å². The first-order valence-corrected chi connectivity index (χ1v) is 19.8.